The second-order valence-corrected chi connectivity index (χ2v) is 1.25. The molecule has 2 heteroatoms. The maximum Gasteiger partial charge on any atom is 0.149 e. The molecule has 0 aromatic heterocycles. The summed E-state index contributed by atoms with van der Waals surface area (Å²) >= 11 is 0. The van der Waals surface area contributed by atoms with Crippen LogP contribution in [-0.2, 0) is 4.79 Å². The third-order valence-corrected chi connectivity index (χ3v) is 0.508. The van der Waals surface area contributed by atoms with Gasteiger partial charge in [-0.15, -0.1) is 0 Å². The first kappa shape index (κ1) is 5.63. The Kier molecular flexibility index (Phi) is 1.81. The summed E-state index contributed by atoms with van der Waals surface area (Å²) in [5, 5.41) is 0. The molecule has 0 aromatic carbocycles. The lowest BCUT2D eigenvalue weighted by molar-refractivity contribution is -0.115. The van der Waals surface area contributed by atoms with E-state index in [9.17, 15) is 4.79 Å². The molecule has 0 aliphatic rings. The number of hydrogen-bond donors (Lipinski definition) is 1. The highest BCUT2D eigenvalue weighted by Crippen LogP contribution is 1.71. The lowest BCUT2D eigenvalue weighted by Crippen LogP contribution is -2.23. The smallest absolute Gasteiger partial charge is 0.149 e. The molecule has 0 aromatic rings. The molecule has 0 saturated carbocycles. The molecule has 0 fully saturated rings. The number of Topliss-reactive ketones (excluding diaryl/α,β-unsaturated/α-hetero) is 1. The molecule has 6 heavy (non-hydrogen) atoms. The zero-order valence-electron chi connectivity index (χ0n) is 3.77. The first-order chi connectivity index (χ1) is 2.64. The highest BCUT2D eigenvalue weighted by atomic mass is 16.1. The zero-order chi connectivity index (χ0) is 5.15. The van der Waals surface area contributed by atoms with Crippen molar-refractivity contribution in [2.75, 3.05) is 0 Å². The van der Waals surface area contributed by atoms with Crippen LogP contribution in [0, 0.1) is 6.92 Å². The number of ketones is 1. The Balaban J connectivity index is 3.26. The van der Waals surface area contributed by atoms with Crippen molar-refractivity contribution in [2.24, 2.45) is 5.73 Å². The Hall–Kier alpha value is -0.370. The van der Waals surface area contributed by atoms with Crippen LogP contribution in [0.1, 0.15) is 6.92 Å². The molecule has 0 aliphatic carbocycles. The summed E-state index contributed by atoms with van der Waals surface area (Å²) in [5.74, 6) is -0.213. The fraction of sp³-hybridized carbons (Fsp3) is 0.500. The molecule has 0 bridgehead atoms. The van der Waals surface area contributed by atoms with Gasteiger partial charge < -0.3 is 5.73 Å². The van der Waals surface area contributed by atoms with E-state index in [-0.39, 0.29) is 5.78 Å². The van der Waals surface area contributed by atoms with Crippen LogP contribution in [-0.4, -0.2) is 11.8 Å². The van der Waals surface area contributed by atoms with E-state index in [1.807, 2.05) is 0 Å². The van der Waals surface area contributed by atoms with Gasteiger partial charge in [0, 0.05) is 6.92 Å². The van der Waals surface area contributed by atoms with E-state index in [0.29, 0.717) is 0 Å². The topological polar surface area (TPSA) is 43.1 Å². The molecule has 35 valence electrons. The summed E-state index contributed by atoms with van der Waals surface area (Å²) in [6.07, 6.45) is 0. The largest absolute Gasteiger partial charge is 0.322 e. The van der Waals surface area contributed by atoms with E-state index in [1.54, 1.807) is 6.92 Å². The van der Waals surface area contributed by atoms with Gasteiger partial charge in [-0.05, 0) is 6.92 Å². The average molecular weight is 86.1 g/mol. The number of rotatable bonds is 1. The fourth-order valence-electron chi connectivity index (χ4n) is 0. The minimum Gasteiger partial charge on any atom is -0.322 e. The van der Waals surface area contributed by atoms with Crippen molar-refractivity contribution in [3.63, 3.8) is 0 Å². The zero-order valence-corrected chi connectivity index (χ0v) is 3.77. The van der Waals surface area contributed by atoms with E-state index in [4.69, 9.17) is 5.73 Å². The predicted molar refractivity (Wildman–Crippen MR) is 24.0 cm³/mol. The van der Waals surface area contributed by atoms with Gasteiger partial charge in [-0.1, -0.05) is 0 Å². The highest BCUT2D eigenvalue weighted by Gasteiger charge is 1.95. The Bertz CT molecular complexity index is 58.6. The SMILES string of the molecule is [CH2]C(=O)[C@H](C)N. The second kappa shape index (κ2) is 1.92. The lowest BCUT2D eigenvalue weighted by Gasteiger charge is -1.91. The molecule has 1 radical (unpaired) electrons. The van der Waals surface area contributed by atoms with Crippen LogP contribution >= 0.6 is 0 Å². The van der Waals surface area contributed by atoms with Crippen molar-refractivity contribution < 1.29 is 4.79 Å². The number of nitrogens with two attached hydrogens (primary N) is 1. The van der Waals surface area contributed by atoms with Gasteiger partial charge in [0.1, 0.15) is 5.78 Å². The maximum atomic E-state index is 9.91. The molecule has 1 atom stereocenters. The van der Waals surface area contributed by atoms with Crippen molar-refractivity contribution in [3.8, 4) is 0 Å². The number of carbonyl (C=O) groups excluding carboxylic acids is 1. The monoisotopic (exact) mass is 86.1 g/mol. The van der Waals surface area contributed by atoms with Gasteiger partial charge in [0.25, 0.3) is 0 Å². The van der Waals surface area contributed by atoms with E-state index >= 15 is 0 Å². The normalized spacial score (nSPS) is 13.8. The van der Waals surface area contributed by atoms with Crippen molar-refractivity contribution in [1.82, 2.24) is 0 Å². The molecular weight excluding hydrogens is 78.0 g/mol. The molecule has 0 amide bonds. The summed E-state index contributed by atoms with van der Waals surface area (Å²) in [4.78, 5) is 9.91. The molecule has 0 aliphatic heterocycles. The molecule has 0 rings (SSSR count). The van der Waals surface area contributed by atoms with Crippen LogP contribution < -0.4 is 5.73 Å². The minimum absolute atomic E-state index is 0.213. The Labute approximate surface area is 37.3 Å². The van der Waals surface area contributed by atoms with Gasteiger partial charge in [-0.3, -0.25) is 4.79 Å². The van der Waals surface area contributed by atoms with Crippen molar-refractivity contribution in [1.29, 1.82) is 0 Å². The van der Waals surface area contributed by atoms with Crippen LogP contribution in [0.15, 0.2) is 0 Å². The summed E-state index contributed by atoms with van der Waals surface area (Å²) in [5.41, 5.74) is 5.02. The van der Waals surface area contributed by atoms with Crippen molar-refractivity contribution in [3.05, 3.63) is 6.92 Å². The predicted octanol–water partition coefficient (Wildman–Crippen LogP) is -0.263. The van der Waals surface area contributed by atoms with Crippen LogP contribution in [0.5, 0.6) is 0 Å². The fourth-order valence-corrected chi connectivity index (χ4v) is 0. The van der Waals surface area contributed by atoms with Gasteiger partial charge in [0.2, 0.25) is 0 Å². The molecular formula is C4H8NO. The molecule has 2 nitrogen and oxygen atoms in total. The van der Waals surface area contributed by atoms with Gasteiger partial charge in [-0.25, -0.2) is 0 Å². The van der Waals surface area contributed by atoms with Crippen LogP contribution in [0.4, 0.5) is 0 Å². The third-order valence-electron chi connectivity index (χ3n) is 0.508. The maximum absolute atomic E-state index is 9.91. The molecule has 2 N–H and O–H groups in total. The standard InChI is InChI=1S/C4H8NO/c1-3(5)4(2)6/h3H,2,5H2,1H3/t3-/m0/s1. The molecule has 0 saturated heterocycles. The molecule has 0 heterocycles. The molecule has 0 unspecified atom stereocenters. The van der Waals surface area contributed by atoms with Crippen LogP contribution in [0.2, 0.25) is 0 Å². The third kappa shape index (κ3) is 1.91. The van der Waals surface area contributed by atoms with Crippen molar-refractivity contribution in [2.45, 2.75) is 13.0 Å². The van der Waals surface area contributed by atoms with E-state index in [0.717, 1.165) is 0 Å². The first-order valence-electron chi connectivity index (χ1n) is 1.76. The van der Waals surface area contributed by atoms with Crippen LogP contribution in [0.3, 0.4) is 0 Å². The summed E-state index contributed by atoms with van der Waals surface area (Å²) in [7, 11) is 0. The lowest BCUT2D eigenvalue weighted by atomic mass is 10.3. The molecule has 0 spiro atoms. The summed E-state index contributed by atoms with van der Waals surface area (Å²) in [6, 6.07) is -0.398. The van der Waals surface area contributed by atoms with E-state index < -0.39 is 6.04 Å². The second-order valence-electron chi connectivity index (χ2n) is 1.25. The Morgan fingerprint density at radius 3 is 2.17 bits per heavy atom. The summed E-state index contributed by atoms with van der Waals surface area (Å²) < 4.78 is 0. The van der Waals surface area contributed by atoms with E-state index in [2.05, 4.69) is 6.92 Å². The van der Waals surface area contributed by atoms with Crippen LogP contribution in [0.25, 0.3) is 0 Å². The van der Waals surface area contributed by atoms with Gasteiger partial charge in [0.05, 0.1) is 6.04 Å². The average Bonchev–Trinajstić information content (AvgIpc) is 1.36. The van der Waals surface area contributed by atoms with Gasteiger partial charge >= 0.3 is 0 Å². The Morgan fingerprint density at radius 2 is 2.17 bits per heavy atom. The number of hydrogen-bond acceptors (Lipinski definition) is 2. The first-order valence-corrected chi connectivity index (χ1v) is 1.76. The van der Waals surface area contributed by atoms with E-state index in [1.165, 1.54) is 0 Å². The minimum atomic E-state index is -0.398. The van der Waals surface area contributed by atoms with Gasteiger partial charge in [-0.2, -0.15) is 0 Å². The quantitative estimate of drug-likeness (QED) is 0.477. The highest BCUT2D eigenvalue weighted by molar-refractivity contribution is 5.87. The Morgan fingerprint density at radius 1 is 2.00 bits per heavy atom. The van der Waals surface area contributed by atoms with Gasteiger partial charge in [0.15, 0.2) is 0 Å². The number of carbonyl (C=O) groups is 1. The van der Waals surface area contributed by atoms with Crippen molar-refractivity contribution >= 4 is 5.78 Å². The summed E-state index contributed by atoms with van der Waals surface area (Å²) in [6.45, 7) is 4.68.